The zero-order chi connectivity index (χ0) is 12.1. The van der Waals surface area contributed by atoms with Crippen molar-refractivity contribution in [3.63, 3.8) is 0 Å². The summed E-state index contributed by atoms with van der Waals surface area (Å²) in [5, 5.41) is 6.90. The molecule has 1 saturated heterocycles. The van der Waals surface area contributed by atoms with Gasteiger partial charge in [0.2, 0.25) is 0 Å². The van der Waals surface area contributed by atoms with Gasteiger partial charge < -0.3 is 10.1 Å². The highest BCUT2D eigenvalue weighted by Crippen LogP contribution is 2.22. The summed E-state index contributed by atoms with van der Waals surface area (Å²) in [7, 11) is 0. The SMILES string of the molecule is CCc1nc(CNCC2CCOC2CC)cs1. The van der Waals surface area contributed by atoms with Crippen LogP contribution in [-0.2, 0) is 17.7 Å². The first kappa shape index (κ1) is 13.0. The molecule has 0 bridgehead atoms. The highest BCUT2D eigenvalue weighted by atomic mass is 32.1. The van der Waals surface area contributed by atoms with Gasteiger partial charge in [-0.3, -0.25) is 0 Å². The molecule has 2 unspecified atom stereocenters. The van der Waals surface area contributed by atoms with E-state index >= 15 is 0 Å². The summed E-state index contributed by atoms with van der Waals surface area (Å²) in [6.45, 7) is 7.23. The molecule has 0 spiro atoms. The Morgan fingerprint density at radius 2 is 2.41 bits per heavy atom. The molecule has 0 saturated carbocycles. The Morgan fingerprint density at radius 1 is 1.53 bits per heavy atom. The molecule has 96 valence electrons. The van der Waals surface area contributed by atoms with Crippen molar-refractivity contribution in [3.8, 4) is 0 Å². The average Bonchev–Trinajstić information content (AvgIpc) is 2.97. The predicted octanol–water partition coefficient (Wildman–Crippen LogP) is 2.61. The first-order chi connectivity index (χ1) is 8.33. The molecule has 0 aliphatic carbocycles. The standard InChI is InChI=1S/C13H22N2OS/c1-3-12-10(5-6-16-12)7-14-8-11-9-17-13(4-2)15-11/h9-10,12,14H,3-8H2,1-2H3. The van der Waals surface area contributed by atoms with Gasteiger partial charge in [0.1, 0.15) is 0 Å². The molecular weight excluding hydrogens is 232 g/mol. The van der Waals surface area contributed by atoms with E-state index < -0.39 is 0 Å². The lowest BCUT2D eigenvalue weighted by Gasteiger charge is -2.16. The van der Waals surface area contributed by atoms with Gasteiger partial charge in [-0.15, -0.1) is 11.3 Å². The zero-order valence-corrected chi connectivity index (χ0v) is 11.6. The van der Waals surface area contributed by atoms with Crippen molar-refractivity contribution in [2.45, 2.75) is 45.8 Å². The molecule has 0 aromatic carbocycles. The van der Waals surface area contributed by atoms with E-state index in [1.165, 1.54) is 17.1 Å². The molecule has 1 aromatic heterocycles. The summed E-state index contributed by atoms with van der Waals surface area (Å²) in [6, 6.07) is 0. The van der Waals surface area contributed by atoms with Crippen molar-refractivity contribution < 1.29 is 4.74 Å². The minimum absolute atomic E-state index is 0.462. The van der Waals surface area contributed by atoms with Crippen molar-refractivity contribution in [2.24, 2.45) is 5.92 Å². The summed E-state index contributed by atoms with van der Waals surface area (Å²) in [4.78, 5) is 4.56. The topological polar surface area (TPSA) is 34.2 Å². The van der Waals surface area contributed by atoms with Gasteiger partial charge in [-0.2, -0.15) is 0 Å². The van der Waals surface area contributed by atoms with Crippen LogP contribution in [0.4, 0.5) is 0 Å². The number of aromatic nitrogens is 1. The molecule has 1 aliphatic heterocycles. The molecule has 17 heavy (non-hydrogen) atoms. The number of nitrogens with zero attached hydrogens (tertiary/aromatic N) is 1. The third kappa shape index (κ3) is 3.50. The molecular formula is C13H22N2OS. The second kappa shape index (κ2) is 6.47. The van der Waals surface area contributed by atoms with Gasteiger partial charge in [0.25, 0.3) is 0 Å². The molecule has 1 N–H and O–H groups in total. The van der Waals surface area contributed by atoms with Gasteiger partial charge in [0.15, 0.2) is 0 Å². The fourth-order valence-electron chi connectivity index (χ4n) is 2.36. The lowest BCUT2D eigenvalue weighted by Crippen LogP contribution is -2.28. The summed E-state index contributed by atoms with van der Waals surface area (Å²) in [5.41, 5.74) is 1.18. The van der Waals surface area contributed by atoms with E-state index in [2.05, 4.69) is 29.5 Å². The van der Waals surface area contributed by atoms with Crippen LogP contribution < -0.4 is 5.32 Å². The minimum Gasteiger partial charge on any atom is -0.378 e. The van der Waals surface area contributed by atoms with E-state index in [9.17, 15) is 0 Å². The molecule has 2 heterocycles. The Bertz CT molecular complexity index is 340. The Morgan fingerprint density at radius 3 is 3.12 bits per heavy atom. The molecule has 0 amide bonds. The monoisotopic (exact) mass is 254 g/mol. The molecule has 1 aliphatic rings. The van der Waals surface area contributed by atoms with Crippen LogP contribution >= 0.6 is 11.3 Å². The Hall–Kier alpha value is -0.450. The molecule has 4 heteroatoms. The van der Waals surface area contributed by atoms with Crippen molar-refractivity contribution in [2.75, 3.05) is 13.2 Å². The van der Waals surface area contributed by atoms with Crippen molar-refractivity contribution in [1.82, 2.24) is 10.3 Å². The molecule has 1 fully saturated rings. The molecule has 3 nitrogen and oxygen atoms in total. The highest BCUT2D eigenvalue weighted by Gasteiger charge is 2.25. The van der Waals surface area contributed by atoms with Gasteiger partial charge in [0.05, 0.1) is 16.8 Å². The van der Waals surface area contributed by atoms with Gasteiger partial charge in [-0.25, -0.2) is 4.98 Å². The van der Waals surface area contributed by atoms with Crippen LogP contribution in [0.3, 0.4) is 0 Å². The predicted molar refractivity (Wildman–Crippen MR) is 71.3 cm³/mol. The fourth-order valence-corrected chi connectivity index (χ4v) is 3.10. The molecule has 2 atom stereocenters. The van der Waals surface area contributed by atoms with Crippen molar-refractivity contribution in [3.05, 3.63) is 16.1 Å². The fraction of sp³-hybridized carbons (Fsp3) is 0.769. The number of ether oxygens (including phenoxy) is 1. The third-order valence-electron chi connectivity index (χ3n) is 3.36. The van der Waals surface area contributed by atoms with Crippen LogP contribution in [-0.4, -0.2) is 24.2 Å². The van der Waals surface area contributed by atoms with Crippen LogP contribution in [0.5, 0.6) is 0 Å². The number of hydrogen-bond donors (Lipinski definition) is 1. The van der Waals surface area contributed by atoms with Crippen LogP contribution in [0.1, 0.15) is 37.4 Å². The highest BCUT2D eigenvalue weighted by molar-refractivity contribution is 7.09. The van der Waals surface area contributed by atoms with Gasteiger partial charge in [0, 0.05) is 25.1 Å². The number of thiazole rings is 1. The zero-order valence-electron chi connectivity index (χ0n) is 10.7. The quantitative estimate of drug-likeness (QED) is 0.847. The van der Waals surface area contributed by atoms with E-state index in [0.717, 1.165) is 32.5 Å². The maximum atomic E-state index is 5.69. The van der Waals surface area contributed by atoms with Gasteiger partial charge >= 0.3 is 0 Å². The first-order valence-corrected chi connectivity index (χ1v) is 7.47. The lowest BCUT2D eigenvalue weighted by atomic mass is 10.00. The van der Waals surface area contributed by atoms with Crippen LogP contribution in [0.2, 0.25) is 0 Å². The average molecular weight is 254 g/mol. The Balaban J connectivity index is 1.72. The van der Waals surface area contributed by atoms with E-state index in [-0.39, 0.29) is 0 Å². The Kier molecular flexibility index (Phi) is 4.95. The summed E-state index contributed by atoms with van der Waals surface area (Å²) < 4.78 is 5.69. The number of nitrogens with one attached hydrogen (secondary N) is 1. The first-order valence-electron chi connectivity index (χ1n) is 6.59. The van der Waals surface area contributed by atoms with Crippen LogP contribution in [0.25, 0.3) is 0 Å². The number of aryl methyl sites for hydroxylation is 1. The van der Waals surface area contributed by atoms with Gasteiger partial charge in [-0.1, -0.05) is 13.8 Å². The van der Waals surface area contributed by atoms with E-state index in [1.807, 2.05) is 0 Å². The summed E-state index contributed by atoms with van der Waals surface area (Å²) in [6.07, 6.45) is 3.83. The smallest absolute Gasteiger partial charge is 0.0926 e. The summed E-state index contributed by atoms with van der Waals surface area (Å²) in [5.74, 6) is 0.685. The van der Waals surface area contributed by atoms with E-state index in [4.69, 9.17) is 4.74 Å². The normalized spacial score (nSPS) is 24.4. The van der Waals surface area contributed by atoms with Crippen LogP contribution in [0.15, 0.2) is 5.38 Å². The number of hydrogen-bond acceptors (Lipinski definition) is 4. The van der Waals surface area contributed by atoms with Crippen molar-refractivity contribution >= 4 is 11.3 Å². The molecule has 2 rings (SSSR count). The maximum Gasteiger partial charge on any atom is 0.0926 e. The summed E-state index contributed by atoms with van der Waals surface area (Å²) >= 11 is 1.76. The van der Waals surface area contributed by atoms with E-state index in [1.54, 1.807) is 11.3 Å². The molecule has 1 aromatic rings. The largest absolute Gasteiger partial charge is 0.378 e. The minimum atomic E-state index is 0.462. The lowest BCUT2D eigenvalue weighted by molar-refractivity contribution is 0.0872. The number of rotatable bonds is 6. The van der Waals surface area contributed by atoms with Crippen molar-refractivity contribution in [1.29, 1.82) is 0 Å². The molecule has 0 radical (unpaired) electrons. The third-order valence-corrected chi connectivity index (χ3v) is 4.41. The maximum absolute atomic E-state index is 5.69. The van der Waals surface area contributed by atoms with Gasteiger partial charge in [-0.05, 0) is 25.2 Å². The van der Waals surface area contributed by atoms with Crippen LogP contribution in [0, 0.1) is 5.92 Å². The van der Waals surface area contributed by atoms with E-state index in [0.29, 0.717) is 12.0 Å². The Labute approximate surface area is 108 Å². The second-order valence-electron chi connectivity index (χ2n) is 4.58. The second-order valence-corrected chi connectivity index (χ2v) is 5.53.